The molecular formula is C16H28N2O2. The van der Waals surface area contributed by atoms with Crippen LogP contribution in [0.2, 0.25) is 0 Å². The van der Waals surface area contributed by atoms with Crippen LogP contribution in [0.4, 0.5) is 0 Å². The van der Waals surface area contributed by atoms with Gasteiger partial charge in [0.1, 0.15) is 6.04 Å². The topological polar surface area (TPSA) is 43.8 Å². The van der Waals surface area contributed by atoms with Crippen molar-refractivity contribution in [3.8, 4) is 0 Å². The lowest BCUT2D eigenvalue weighted by molar-refractivity contribution is -0.148. The molecule has 3 aliphatic rings. The Kier molecular flexibility index (Phi) is 4.04. The van der Waals surface area contributed by atoms with E-state index in [1.54, 1.807) is 0 Å². The normalized spacial score (nSPS) is 30.1. The monoisotopic (exact) mass is 280 g/mol. The SMILES string of the molecule is CN1CCN(C(C(=O)O)C2CCC3(CCC3)CC2)CC1. The fraction of sp³-hybridized carbons (Fsp3) is 0.938. The van der Waals surface area contributed by atoms with E-state index in [0.717, 1.165) is 39.0 Å². The van der Waals surface area contributed by atoms with Crippen molar-refractivity contribution in [3.63, 3.8) is 0 Å². The molecule has 0 radical (unpaired) electrons. The summed E-state index contributed by atoms with van der Waals surface area (Å²) < 4.78 is 0. The molecule has 2 saturated carbocycles. The molecule has 2 aliphatic carbocycles. The molecule has 0 bridgehead atoms. The molecule has 1 heterocycles. The molecule has 1 N–H and O–H groups in total. The summed E-state index contributed by atoms with van der Waals surface area (Å²) in [5.41, 5.74) is 0.627. The molecule has 1 atom stereocenters. The van der Waals surface area contributed by atoms with Gasteiger partial charge in [0.15, 0.2) is 0 Å². The van der Waals surface area contributed by atoms with Gasteiger partial charge in [-0.3, -0.25) is 9.69 Å². The van der Waals surface area contributed by atoms with E-state index in [2.05, 4.69) is 16.8 Å². The number of rotatable bonds is 3. The third-order valence-electron chi connectivity index (χ3n) is 6.14. The van der Waals surface area contributed by atoms with Crippen molar-refractivity contribution >= 4 is 5.97 Å². The number of aliphatic carboxylic acids is 1. The van der Waals surface area contributed by atoms with Crippen molar-refractivity contribution in [2.24, 2.45) is 11.3 Å². The molecule has 1 unspecified atom stereocenters. The Hall–Kier alpha value is -0.610. The minimum atomic E-state index is -0.593. The summed E-state index contributed by atoms with van der Waals surface area (Å²) in [4.78, 5) is 16.3. The predicted octanol–water partition coefficient (Wildman–Crippen LogP) is 2.05. The van der Waals surface area contributed by atoms with Gasteiger partial charge in [0.25, 0.3) is 0 Å². The largest absolute Gasteiger partial charge is 0.480 e. The van der Waals surface area contributed by atoms with Gasteiger partial charge in [0.05, 0.1) is 0 Å². The highest BCUT2D eigenvalue weighted by Gasteiger charge is 2.44. The molecule has 20 heavy (non-hydrogen) atoms. The predicted molar refractivity (Wildman–Crippen MR) is 78.7 cm³/mol. The molecule has 0 aromatic heterocycles. The lowest BCUT2D eigenvalue weighted by Crippen LogP contribution is -2.55. The number of likely N-dealkylation sites (N-methyl/N-ethyl adjacent to an activating group) is 1. The van der Waals surface area contributed by atoms with Gasteiger partial charge in [0.2, 0.25) is 0 Å². The lowest BCUT2D eigenvalue weighted by atomic mass is 9.58. The van der Waals surface area contributed by atoms with Crippen molar-refractivity contribution in [1.82, 2.24) is 9.80 Å². The number of nitrogens with zero attached hydrogens (tertiary/aromatic N) is 2. The van der Waals surface area contributed by atoms with E-state index in [4.69, 9.17) is 0 Å². The molecule has 0 amide bonds. The van der Waals surface area contributed by atoms with Crippen molar-refractivity contribution in [1.29, 1.82) is 0 Å². The average Bonchev–Trinajstić information content (AvgIpc) is 2.40. The summed E-state index contributed by atoms with van der Waals surface area (Å²) in [6.45, 7) is 3.82. The molecule has 1 spiro atoms. The van der Waals surface area contributed by atoms with Gasteiger partial charge < -0.3 is 10.0 Å². The maximum atomic E-state index is 11.8. The van der Waals surface area contributed by atoms with E-state index >= 15 is 0 Å². The summed E-state index contributed by atoms with van der Waals surface area (Å²) in [6, 6.07) is -0.235. The fourth-order valence-electron chi connectivity index (χ4n) is 4.50. The molecule has 4 heteroatoms. The Morgan fingerprint density at radius 1 is 1.10 bits per heavy atom. The number of carboxylic acid groups (broad SMARTS) is 1. The van der Waals surface area contributed by atoms with Crippen molar-refractivity contribution in [2.75, 3.05) is 33.2 Å². The zero-order chi connectivity index (χ0) is 14.2. The standard InChI is InChI=1S/C16H28N2O2/c1-17-9-11-18(12-10-17)14(15(19)20)13-3-7-16(8-4-13)5-2-6-16/h13-14H,2-12H2,1H3,(H,19,20). The number of carbonyl (C=O) groups is 1. The zero-order valence-electron chi connectivity index (χ0n) is 12.7. The van der Waals surface area contributed by atoms with E-state index in [0.29, 0.717) is 11.3 Å². The third-order valence-corrected chi connectivity index (χ3v) is 6.14. The summed E-state index contributed by atoms with van der Waals surface area (Å²) >= 11 is 0. The second kappa shape index (κ2) is 5.64. The molecule has 4 nitrogen and oxygen atoms in total. The van der Waals surface area contributed by atoms with E-state index in [-0.39, 0.29) is 6.04 Å². The van der Waals surface area contributed by atoms with Crippen LogP contribution < -0.4 is 0 Å². The Morgan fingerprint density at radius 3 is 2.15 bits per heavy atom. The molecule has 3 fully saturated rings. The third kappa shape index (κ3) is 2.73. The van der Waals surface area contributed by atoms with Crippen LogP contribution in [0.15, 0.2) is 0 Å². The van der Waals surface area contributed by atoms with Gasteiger partial charge >= 0.3 is 5.97 Å². The van der Waals surface area contributed by atoms with E-state index in [1.165, 1.54) is 32.1 Å². The summed E-state index contributed by atoms with van der Waals surface area (Å²) in [5.74, 6) is -0.216. The van der Waals surface area contributed by atoms with Crippen LogP contribution in [0.5, 0.6) is 0 Å². The summed E-state index contributed by atoms with van der Waals surface area (Å²) in [5, 5.41) is 9.69. The van der Waals surface area contributed by atoms with E-state index in [9.17, 15) is 9.90 Å². The Labute approximate surface area is 122 Å². The molecule has 1 aliphatic heterocycles. The van der Waals surface area contributed by atoms with Crippen molar-refractivity contribution in [3.05, 3.63) is 0 Å². The lowest BCUT2D eigenvalue weighted by Gasteiger charge is -2.49. The van der Waals surface area contributed by atoms with Crippen LogP contribution in [0.25, 0.3) is 0 Å². The van der Waals surface area contributed by atoms with Crippen molar-refractivity contribution < 1.29 is 9.90 Å². The number of carboxylic acids is 1. The first-order chi connectivity index (χ1) is 9.60. The van der Waals surface area contributed by atoms with E-state index < -0.39 is 5.97 Å². The van der Waals surface area contributed by atoms with Crippen LogP contribution in [0, 0.1) is 11.3 Å². The van der Waals surface area contributed by atoms with Gasteiger partial charge in [-0.1, -0.05) is 6.42 Å². The zero-order valence-corrected chi connectivity index (χ0v) is 12.7. The molecular weight excluding hydrogens is 252 g/mol. The highest BCUT2D eigenvalue weighted by molar-refractivity contribution is 5.74. The maximum absolute atomic E-state index is 11.8. The Balaban J connectivity index is 1.61. The van der Waals surface area contributed by atoms with Gasteiger partial charge in [-0.15, -0.1) is 0 Å². The average molecular weight is 280 g/mol. The first-order valence-corrected chi connectivity index (χ1v) is 8.25. The number of hydrogen-bond donors (Lipinski definition) is 1. The highest BCUT2D eigenvalue weighted by atomic mass is 16.4. The van der Waals surface area contributed by atoms with Crippen LogP contribution in [0.1, 0.15) is 44.9 Å². The van der Waals surface area contributed by atoms with E-state index in [1.807, 2.05) is 0 Å². The molecule has 0 aromatic carbocycles. The minimum absolute atomic E-state index is 0.235. The number of piperazine rings is 1. The highest BCUT2D eigenvalue weighted by Crippen LogP contribution is 2.53. The molecule has 0 aromatic rings. The van der Waals surface area contributed by atoms with Gasteiger partial charge in [-0.05, 0) is 56.9 Å². The first kappa shape index (κ1) is 14.3. The molecule has 114 valence electrons. The fourth-order valence-corrected chi connectivity index (χ4v) is 4.50. The van der Waals surface area contributed by atoms with Gasteiger partial charge in [0, 0.05) is 26.2 Å². The van der Waals surface area contributed by atoms with Crippen LogP contribution in [0.3, 0.4) is 0 Å². The Morgan fingerprint density at radius 2 is 1.70 bits per heavy atom. The first-order valence-electron chi connectivity index (χ1n) is 8.25. The Bertz CT molecular complexity index is 349. The van der Waals surface area contributed by atoms with Crippen molar-refractivity contribution in [2.45, 2.75) is 51.0 Å². The second-order valence-electron chi connectivity index (χ2n) is 7.31. The second-order valence-corrected chi connectivity index (χ2v) is 7.31. The van der Waals surface area contributed by atoms with Gasteiger partial charge in [-0.2, -0.15) is 0 Å². The molecule has 3 rings (SSSR count). The summed E-state index contributed by atoms with van der Waals surface area (Å²) in [6.07, 6.45) is 8.99. The van der Waals surface area contributed by atoms with Gasteiger partial charge in [-0.25, -0.2) is 0 Å². The molecule has 1 saturated heterocycles. The quantitative estimate of drug-likeness (QED) is 0.859. The van der Waals surface area contributed by atoms with Crippen LogP contribution in [-0.2, 0) is 4.79 Å². The summed E-state index contributed by atoms with van der Waals surface area (Å²) in [7, 11) is 2.12. The number of hydrogen-bond acceptors (Lipinski definition) is 3. The maximum Gasteiger partial charge on any atom is 0.321 e. The minimum Gasteiger partial charge on any atom is -0.480 e. The van der Waals surface area contributed by atoms with Crippen LogP contribution in [-0.4, -0.2) is 60.1 Å². The van der Waals surface area contributed by atoms with Crippen LogP contribution >= 0.6 is 0 Å². The smallest absolute Gasteiger partial charge is 0.321 e.